The van der Waals surface area contributed by atoms with Crippen LogP contribution < -0.4 is 153 Å². The zero-order valence-corrected chi connectivity index (χ0v) is 80.2. The van der Waals surface area contributed by atoms with Crippen LogP contribution in [-0.2, 0) is 81.6 Å². The Hall–Kier alpha value is -14.2. The number of rotatable bonds is 47. The van der Waals surface area contributed by atoms with E-state index in [0.29, 0.717) is 41.3 Å². The molecule has 0 fully saturated rings. The number of nitrogens with one attached hydrogen (secondary N) is 21. The molecule has 45 N–H and O–H groups in total. The quantitative estimate of drug-likeness (QED) is 0.00644. The molecule has 5 rings (SSSR count). The number of nitrogens with zero attached hydrogens (tertiary/aromatic N) is 1. The van der Waals surface area contributed by atoms with Crippen LogP contribution in [0.2, 0.25) is 0 Å². The van der Waals surface area contributed by atoms with Gasteiger partial charge >= 0.3 is 6.03 Å². The molecule has 0 saturated heterocycles. The van der Waals surface area contributed by atoms with Crippen molar-refractivity contribution in [2.45, 2.75) is 220 Å². The van der Waals surface area contributed by atoms with Crippen LogP contribution >= 0.6 is 21.6 Å². The molecule has 1 aliphatic rings. The summed E-state index contributed by atoms with van der Waals surface area (Å²) in [5, 5.41) is 99.4. The third-order valence-corrected chi connectivity index (χ3v) is 24.5. The van der Waals surface area contributed by atoms with Gasteiger partial charge in [-0.1, -0.05) is 107 Å². The van der Waals surface area contributed by atoms with Gasteiger partial charge in [0.25, 0.3) is 0 Å². The van der Waals surface area contributed by atoms with Crippen molar-refractivity contribution < 1.29 is 77.3 Å². The molecule has 770 valence electrons. The van der Waals surface area contributed by atoms with E-state index in [1.54, 1.807) is 42.5 Å². The number of hydrogen-bond donors (Lipinski definition) is 34. The number of fused-ring (bicyclic) bond motifs is 1. The fourth-order valence-corrected chi connectivity index (χ4v) is 16.7. The molecule has 1 unspecified atom stereocenters. The fourth-order valence-electron chi connectivity index (χ4n) is 14.4. The predicted octanol–water partition coefficient (Wildman–Crippen LogP) is -5.69. The number of nitrogens with two attached hydrogens (primary N) is 11. The van der Waals surface area contributed by atoms with Crippen LogP contribution in [0.15, 0.2) is 108 Å². The van der Waals surface area contributed by atoms with E-state index in [2.05, 4.69) is 95.4 Å². The molecule has 1 aliphatic heterocycles. The zero-order valence-electron chi connectivity index (χ0n) is 78.5. The second kappa shape index (κ2) is 63.3. The average Bonchev–Trinajstić information content (AvgIpc) is 0.821. The van der Waals surface area contributed by atoms with Crippen molar-refractivity contribution in [3.8, 4) is 11.5 Å². The van der Waals surface area contributed by atoms with Crippen molar-refractivity contribution in [1.82, 2.24) is 90.4 Å². The SMILES string of the molecule is C[C@H]1C=C[C@@H](CCCCN)NC(=O)[C@H](CCCCN)NC(=O)[C@@H](CCCNC(=N)N)NC(=O)[C@H](Cc2ccc(O)cc2)NC(=O)[C@@H](NC(=O)[C@H](Cc2ccc3ccccc3c2)NC(=O)[C@H](CCCNC(=N)N)NC(=O)[C@@H](N)CCCN=C(N)N)CSSC[C@@H](C(=O)N[C@@H](CCCNC(=N)N)C(N)=O)NC(=O)C(CCCNC(N)=O)NC(=O)[C@@H](CCCNC(=N)N)NC(=O)[C@H](Cc2ccc(O)cc2)NC1=O. The highest BCUT2D eigenvalue weighted by Gasteiger charge is 2.38. The third-order valence-electron chi connectivity index (χ3n) is 22.1. The largest absolute Gasteiger partial charge is 0.508 e. The highest BCUT2D eigenvalue weighted by atomic mass is 33.1. The highest BCUT2D eigenvalue weighted by Crippen LogP contribution is 2.26. The van der Waals surface area contributed by atoms with Gasteiger partial charge in [0, 0.05) is 76.1 Å². The van der Waals surface area contributed by atoms with Crippen molar-refractivity contribution >= 4 is 145 Å². The second-order valence-corrected chi connectivity index (χ2v) is 36.1. The Morgan fingerprint density at radius 1 is 0.429 bits per heavy atom. The van der Waals surface area contributed by atoms with Gasteiger partial charge in [-0.15, -0.1) is 0 Å². The first-order chi connectivity index (χ1) is 66.7. The van der Waals surface area contributed by atoms with Gasteiger partial charge in [-0.3, -0.25) is 89.0 Å². The second-order valence-electron chi connectivity index (χ2n) is 33.5. The molecule has 0 bridgehead atoms. The first-order valence-electron chi connectivity index (χ1n) is 46.2. The summed E-state index contributed by atoms with van der Waals surface area (Å²) in [6.45, 7) is 1.80. The Labute approximate surface area is 819 Å². The lowest BCUT2D eigenvalue weighted by Gasteiger charge is -2.28. The molecule has 4 aromatic carbocycles. The van der Waals surface area contributed by atoms with Crippen molar-refractivity contribution in [2.24, 2.45) is 74.0 Å². The molecule has 0 aliphatic carbocycles. The minimum absolute atomic E-state index is 0.00105. The molecule has 1 heterocycles. The van der Waals surface area contributed by atoms with Gasteiger partial charge in [0.15, 0.2) is 29.8 Å². The predicted molar refractivity (Wildman–Crippen MR) is 534 cm³/mol. The molecule has 0 radical (unpaired) electrons. The summed E-state index contributed by atoms with van der Waals surface area (Å²) in [7, 11) is 1.55. The van der Waals surface area contributed by atoms with Gasteiger partial charge in [-0.2, -0.15) is 0 Å². The lowest BCUT2D eigenvalue weighted by Crippen LogP contribution is -2.61. The van der Waals surface area contributed by atoms with Crippen molar-refractivity contribution in [3.05, 3.63) is 120 Å². The molecule has 0 spiro atoms. The topological polar surface area (TPSA) is 878 Å². The van der Waals surface area contributed by atoms with Crippen molar-refractivity contribution in [3.63, 3.8) is 0 Å². The summed E-state index contributed by atoms with van der Waals surface area (Å²) < 4.78 is 0. The maximum atomic E-state index is 16.0. The molecule has 0 saturated carbocycles. The van der Waals surface area contributed by atoms with Crippen LogP contribution in [0.1, 0.15) is 139 Å². The first-order valence-corrected chi connectivity index (χ1v) is 48.7. The minimum atomic E-state index is -1.86. The molecule has 140 heavy (non-hydrogen) atoms. The summed E-state index contributed by atoms with van der Waals surface area (Å²) in [6, 6.07) is 2.63. The number of aliphatic imine (C=N–C) groups is 1. The number of phenols is 2. The van der Waals surface area contributed by atoms with Gasteiger partial charge in [0.05, 0.1) is 12.0 Å². The molecule has 0 aromatic heterocycles. The van der Waals surface area contributed by atoms with Crippen LogP contribution in [0.25, 0.3) is 10.8 Å². The van der Waals surface area contributed by atoms with E-state index in [1.165, 1.54) is 61.5 Å². The average molecular weight is 1990 g/mol. The van der Waals surface area contributed by atoms with Crippen LogP contribution in [-0.4, -0.2) is 265 Å². The number of guanidine groups is 5. The van der Waals surface area contributed by atoms with Gasteiger partial charge in [-0.25, -0.2) is 4.79 Å². The van der Waals surface area contributed by atoms with E-state index >= 15 is 47.9 Å². The number of hydrogen-bond acceptors (Lipinski definition) is 26. The van der Waals surface area contributed by atoms with Crippen molar-refractivity contribution in [1.29, 1.82) is 21.6 Å². The molecule has 49 nitrogen and oxygen atoms in total. The maximum absolute atomic E-state index is 16.0. The zero-order chi connectivity index (χ0) is 103. The highest BCUT2D eigenvalue weighted by molar-refractivity contribution is 8.76. The van der Waals surface area contributed by atoms with E-state index in [4.69, 9.17) is 84.7 Å². The number of aromatic hydroxyl groups is 2. The minimum Gasteiger partial charge on any atom is -0.508 e. The molecule has 14 atom stereocenters. The smallest absolute Gasteiger partial charge is 0.312 e. The molecule has 51 heteroatoms. The number of urea groups is 1. The number of benzene rings is 4. The number of amides is 15. The van der Waals surface area contributed by atoms with E-state index < -0.39 is 209 Å². The standard InChI is InChI=1S/C89H141N33O16S2/c1-50-24-31-56(16-4-6-36-90)111-74(128)61(18-5-7-37-91)114-75(129)63(21-11-41-108-87(100)101)117-80(134)67(46-52-28-34-58(124)35-29-52)120-83(137)70(122-81(135)68(47-53-25-30-54-14-2-3-15-55(54)44-53)119-77(131)62(20-10-40-107-86(98)99)113-73(127)59(92)17-8-38-105-84(94)95)49-140-139-48-69(82(136)112-60(71(93)125)19-9-39-106-85(96)97)121-78(132)65(23-13-43-110-89(104)138)115-76(130)64(22-12-42-109-88(102)103)116-79(133)66(118-72(50)126)45-51-26-32-57(123)33-27-51/h2-3,14-15,24-35,44,50,56,59-70,123-124H,4-13,16-23,36-43,45-49,90-92H2,1H3,(H2,93,125)(H,111,128)(H,112,136)(H,113,127)(H,114,129)(H,115,130)(H,116,133)(H,117,134)(H,118,126)(H,119,131)(H,120,137)(H,121,132)(H,122,135)(H4,94,95,105)(H4,96,97,106)(H4,98,99,107)(H4,100,101,108)(H4,102,103,109)(H3,104,110,138)/t50-,56+,59-,60-,61-,62-,63+,64+,65?,66-,67-,68-,69-,70-/m0/s1. The van der Waals surface area contributed by atoms with Crippen LogP contribution in [0.5, 0.6) is 11.5 Å². The molecule has 4 aromatic rings. The Kier molecular flexibility index (Phi) is 52.6. The van der Waals surface area contributed by atoms with Gasteiger partial charge in [0.2, 0.25) is 76.8 Å². The molecular formula is C89H141N33O16S2. The van der Waals surface area contributed by atoms with E-state index in [1.807, 2.05) is 6.07 Å². The summed E-state index contributed by atoms with van der Waals surface area (Å²) in [4.78, 5) is 212. The Bertz CT molecular complexity index is 4850. The maximum Gasteiger partial charge on any atom is 0.312 e. The molecule has 15 amide bonds. The number of carbonyl (C=O) groups is 14. The third kappa shape index (κ3) is 45.8. The summed E-state index contributed by atoms with van der Waals surface area (Å²) in [5.74, 6) is -17.1. The summed E-state index contributed by atoms with van der Waals surface area (Å²) >= 11 is 0. The van der Waals surface area contributed by atoms with E-state index in [0.717, 1.165) is 27.0 Å². The van der Waals surface area contributed by atoms with Gasteiger partial charge in [0.1, 0.15) is 78.0 Å². The molecular weight excluding hydrogens is 1850 g/mol. The number of unbranched alkanes of at least 4 members (excludes halogenated alkanes) is 2. The normalized spacial score (nSPS) is 19.9. The van der Waals surface area contributed by atoms with Crippen LogP contribution in [0.4, 0.5) is 4.79 Å². The summed E-state index contributed by atoms with van der Waals surface area (Å²) in [5.41, 5.74) is 64.4. The van der Waals surface area contributed by atoms with Gasteiger partial charge < -0.3 is 164 Å². The van der Waals surface area contributed by atoms with Gasteiger partial charge in [-0.05, 0) is 180 Å². The van der Waals surface area contributed by atoms with E-state index in [9.17, 15) is 29.4 Å². The fraction of sp³-hybridized carbons (Fsp3) is 0.517. The monoisotopic (exact) mass is 1990 g/mol. The van der Waals surface area contributed by atoms with Crippen molar-refractivity contribution in [2.75, 3.05) is 63.9 Å². The summed E-state index contributed by atoms with van der Waals surface area (Å²) in [6.07, 6.45) is 2.94. The lowest BCUT2D eigenvalue weighted by molar-refractivity contribution is -0.135. The Morgan fingerprint density at radius 3 is 1.35 bits per heavy atom. The Balaban J connectivity index is 1.84. The number of phenolic OH excluding ortho intramolecular Hbond substituents is 2. The first kappa shape index (κ1) is 116. The van der Waals surface area contributed by atoms with Crippen LogP contribution in [0.3, 0.4) is 0 Å². The number of carbonyl (C=O) groups excluding carboxylic acids is 14. The van der Waals surface area contributed by atoms with Crippen LogP contribution in [0, 0.1) is 27.6 Å². The Morgan fingerprint density at radius 2 is 0.857 bits per heavy atom. The lowest BCUT2D eigenvalue weighted by atomic mass is 10.00. The number of primary amides is 2. The van der Waals surface area contributed by atoms with E-state index in [-0.39, 0.29) is 179 Å².